The number of hydrogen-bond donors (Lipinski definition) is 1. The van der Waals surface area contributed by atoms with Crippen molar-refractivity contribution in [2.75, 3.05) is 0 Å². The van der Waals surface area contributed by atoms with Crippen molar-refractivity contribution in [1.82, 2.24) is 15.2 Å². The summed E-state index contributed by atoms with van der Waals surface area (Å²) >= 11 is 3.30. The molecule has 0 amide bonds. The van der Waals surface area contributed by atoms with Crippen LogP contribution >= 0.6 is 15.9 Å². The van der Waals surface area contributed by atoms with Gasteiger partial charge in [0.2, 0.25) is 0 Å². The number of halogens is 1. The van der Waals surface area contributed by atoms with E-state index in [0.29, 0.717) is 21.9 Å². The second kappa shape index (κ2) is 8.94. The molecule has 1 aromatic heterocycles. The predicted octanol–water partition coefficient (Wildman–Crippen LogP) is 5.17. The third-order valence-electron chi connectivity index (χ3n) is 4.27. The second-order valence-corrected chi connectivity index (χ2v) is 7.30. The van der Waals surface area contributed by atoms with Crippen molar-refractivity contribution in [3.63, 3.8) is 0 Å². The Hall–Kier alpha value is -2.21. The van der Waals surface area contributed by atoms with Crippen molar-refractivity contribution < 1.29 is 9.84 Å². The van der Waals surface area contributed by atoms with Crippen LogP contribution in [0.4, 0.5) is 0 Å². The number of hydrogen-bond acceptors (Lipinski definition) is 5. The molecule has 0 spiro atoms. The minimum atomic E-state index is 0.185. The number of aromatic hydroxyl groups is 1. The zero-order valence-electron chi connectivity index (χ0n) is 14.7. The van der Waals surface area contributed by atoms with Gasteiger partial charge in [0, 0.05) is 5.56 Å². The highest BCUT2D eigenvalue weighted by Gasteiger charge is 2.07. The minimum absolute atomic E-state index is 0.185. The standard InChI is InChI=1S/C20H22BrN3O2/c1-14-5-3-2-4-6-16(9-7-14)26-13-20-22-12-18(23-24-20)15-8-10-19(25)17(21)11-15/h6-12,14,25H,2-5,13H2,1H3/b9-7-,16-6+. The van der Waals surface area contributed by atoms with Gasteiger partial charge < -0.3 is 9.84 Å². The van der Waals surface area contributed by atoms with Gasteiger partial charge >= 0.3 is 0 Å². The molecule has 1 aliphatic carbocycles. The maximum atomic E-state index is 9.57. The Morgan fingerprint density at radius 1 is 1.27 bits per heavy atom. The van der Waals surface area contributed by atoms with Crippen LogP contribution in [0.15, 0.2) is 52.9 Å². The molecule has 1 N–H and O–H groups in total. The van der Waals surface area contributed by atoms with Crippen LogP contribution in [0.3, 0.4) is 0 Å². The van der Waals surface area contributed by atoms with Crippen molar-refractivity contribution in [2.45, 2.75) is 39.2 Å². The topological polar surface area (TPSA) is 68.1 Å². The number of rotatable bonds is 4. The average molecular weight is 416 g/mol. The van der Waals surface area contributed by atoms with Crippen molar-refractivity contribution in [1.29, 1.82) is 0 Å². The summed E-state index contributed by atoms with van der Waals surface area (Å²) in [5, 5.41) is 17.9. The highest BCUT2D eigenvalue weighted by atomic mass is 79.9. The van der Waals surface area contributed by atoms with E-state index >= 15 is 0 Å². The normalized spacial score (nSPS) is 21.0. The molecular formula is C20H22BrN3O2. The first kappa shape index (κ1) is 18.6. The van der Waals surface area contributed by atoms with Crippen molar-refractivity contribution in [3.05, 3.63) is 58.7 Å². The van der Waals surface area contributed by atoms with Gasteiger partial charge in [0.15, 0.2) is 5.82 Å². The molecule has 0 radical (unpaired) electrons. The molecule has 0 saturated carbocycles. The molecule has 0 fully saturated rings. The van der Waals surface area contributed by atoms with Gasteiger partial charge in [0.25, 0.3) is 0 Å². The molecule has 5 nitrogen and oxygen atoms in total. The lowest BCUT2D eigenvalue weighted by Crippen LogP contribution is -2.01. The van der Waals surface area contributed by atoms with Gasteiger partial charge in [-0.15, -0.1) is 10.2 Å². The zero-order valence-corrected chi connectivity index (χ0v) is 16.3. The molecule has 3 rings (SSSR count). The average Bonchev–Trinajstić information content (AvgIpc) is 2.75. The molecule has 1 heterocycles. The van der Waals surface area contributed by atoms with Gasteiger partial charge in [0.05, 0.1) is 10.7 Å². The van der Waals surface area contributed by atoms with Gasteiger partial charge in [-0.1, -0.05) is 19.4 Å². The van der Waals surface area contributed by atoms with E-state index in [9.17, 15) is 5.11 Å². The SMILES string of the molecule is CC1/C=C\C(OCc2ncc(-c3ccc(O)c(Br)c3)nn2)=C/CCCC1. The van der Waals surface area contributed by atoms with Crippen LogP contribution in [0.5, 0.6) is 5.75 Å². The number of phenolic OH excluding ortho intramolecular Hbond substituents is 1. The van der Waals surface area contributed by atoms with E-state index in [-0.39, 0.29) is 12.4 Å². The lowest BCUT2D eigenvalue weighted by molar-refractivity contribution is 0.201. The third-order valence-corrected chi connectivity index (χ3v) is 4.90. The van der Waals surface area contributed by atoms with Gasteiger partial charge in [0.1, 0.15) is 23.8 Å². The number of phenols is 1. The van der Waals surface area contributed by atoms with Crippen LogP contribution in [0.1, 0.15) is 38.4 Å². The van der Waals surface area contributed by atoms with E-state index in [2.05, 4.69) is 50.2 Å². The molecule has 6 heteroatoms. The quantitative estimate of drug-likeness (QED) is 0.745. The second-order valence-electron chi connectivity index (χ2n) is 6.44. The Bertz CT molecular complexity index is 803. The molecular weight excluding hydrogens is 394 g/mol. The molecule has 0 bridgehead atoms. The van der Waals surface area contributed by atoms with Crippen LogP contribution in [0.25, 0.3) is 11.3 Å². The first-order valence-electron chi connectivity index (χ1n) is 8.80. The lowest BCUT2D eigenvalue weighted by Gasteiger charge is -2.07. The first-order valence-corrected chi connectivity index (χ1v) is 9.60. The summed E-state index contributed by atoms with van der Waals surface area (Å²) in [7, 11) is 0. The van der Waals surface area contributed by atoms with E-state index in [1.165, 1.54) is 19.3 Å². The molecule has 136 valence electrons. The van der Waals surface area contributed by atoms with E-state index in [0.717, 1.165) is 17.7 Å². The Labute approximate surface area is 162 Å². The molecule has 1 atom stereocenters. The fraction of sp³-hybridized carbons (Fsp3) is 0.350. The van der Waals surface area contributed by atoms with E-state index in [1.807, 2.05) is 6.08 Å². The molecule has 1 aliphatic rings. The highest BCUT2D eigenvalue weighted by molar-refractivity contribution is 9.10. The summed E-state index contributed by atoms with van der Waals surface area (Å²) in [6.45, 7) is 2.52. The van der Waals surface area contributed by atoms with Crippen molar-refractivity contribution >= 4 is 15.9 Å². The Morgan fingerprint density at radius 3 is 2.92 bits per heavy atom. The molecule has 0 aliphatic heterocycles. The zero-order chi connectivity index (χ0) is 18.4. The van der Waals surface area contributed by atoms with Gasteiger partial charge in [-0.25, -0.2) is 4.98 Å². The number of allylic oxidation sites excluding steroid dienone is 3. The maximum absolute atomic E-state index is 9.57. The largest absolute Gasteiger partial charge is 0.507 e. The highest BCUT2D eigenvalue weighted by Crippen LogP contribution is 2.28. The summed E-state index contributed by atoms with van der Waals surface area (Å²) in [6, 6.07) is 5.16. The van der Waals surface area contributed by atoms with Gasteiger partial charge in [-0.05, 0) is 71.5 Å². The van der Waals surface area contributed by atoms with Crippen LogP contribution < -0.4 is 0 Å². The van der Waals surface area contributed by atoms with E-state index in [4.69, 9.17) is 4.74 Å². The number of nitrogens with zero attached hydrogens (tertiary/aromatic N) is 3. The molecule has 2 aromatic rings. The summed E-state index contributed by atoms with van der Waals surface area (Å²) in [5.74, 6) is 2.16. The molecule has 1 unspecified atom stereocenters. The fourth-order valence-electron chi connectivity index (χ4n) is 2.70. The molecule has 1 aromatic carbocycles. The third kappa shape index (κ3) is 5.14. The predicted molar refractivity (Wildman–Crippen MR) is 104 cm³/mol. The van der Waals surface area contributed by atoms with Crippen LogP contribution in [0, 0.1) is 5.92 Å². The Morgan fingerprint density at radius 2 is 2.15 bits per heavy atom. The van der Waals surface area contributed by atoms with E-state index < -0.39 is 0 Å². The van der Waals surface area contributed by atoms with E-state index in [1.54, 1.807) is 24.4 Å². The lowest BCUT2D eigenvalue weighted by atomic mass is 10.0. The number of ether oxygens (including phenoxy) is 1. The summed E-state index contributed by atoms with van der Waals surface area (Å²) in [6.07, 6.45) is 12.7. The number of benzene rings is 1. The number of aromatic nitrogens is 3. The summed E-state index contributed by atoms with van der Waals surface area (Å²) in [5.41, 5.74) is 1.47. The smallest absolute Gasteiger partial charge is 0.188 e. The van der Waals surface area contributed by atoms with Crippen molar-refractivity contribution in [3.8, 4) is 17.0 Å². The monoisotopic (exact) mass is 415 g/mol. The first-order chi connectivity index (χ1) is 12.6. The summed E-state index contributed by atoms with van der Waals surface area (Å²) in [4.78, 5) is 4.34. The maximum Gasteiger partial charge on any atom is 0.188 e. The molecule has 26 heavy (non-hydrogen) atoms. The van der Waals surface area contributed by atoms with Crippen LogP contribution in [-0.4, -0.2) is 20.3 Å². The van der Waals surface area contributed by atoms with Crippen molar-refractivity contribution in [2.24, 2.45) is 5.92 Å². The fourth-order valence-corrected chi connectivity index (χ4v) is 3.08. The van der Waals surface area contributed by atoms with Gasteiger partial charge in [-0.3, -0.25) is 0 Å². The van der Waals surface area contributed by atoms with Gasteiger partial charge in [-0.2, -0.15) is 0 Å². The minimum Gasteiger partial charge on any atom is -0.507 e. The van der Waals surface area contributed by atoms with Crippen LogP contribution in [-0.2, 0) is 11.3 Å². The Balaban J connectivity index is 1.64. The summed E-state index contributed by atoms with van der Waals surface area (Å²) < 4.78 is 6.47. The Kier molecular flexibility index (Phi) is 6.39. The van der Waals surface area contributed by atoms with Crippen LogP contribution in [0.2, 0.25) is 0 Å². The molecule has 0 saturated heterocycles.